The van der Waals surface area contributed by atoms with Crippen LogP contribution in [0.3, 0.4) is 0 Å². The fourth-order valence-electron chi connectivity index (χ4n) is 2.45. The molecule has 3 rings (SSSR count). The molecule has 90 valence electrons. The van der Waals surface area contributed by atoms with Crippen molar-refractivity contribution < 1.29 is 4.74 Å². The predicted octanol–water partition coefficient (Wildman–Crippen LogP) is 2.16. The second-order valence-electron chi connectivity index (χ2n) is 4.99. The topological polar surface area (TPSA) is 39.9 Å². The van der Waals surface area contributed by atoms with Crippen molar-refractivity contribution in [3.8, 4) is 0 Å². The third-order valence-corrected chi connectivity index (χ3v) is 3.16. The third kappa shape index (κ3) is 1.82. The molecule has 0 aliphatic carbocycles. The van der Waals surface area contributed by atoms with Gasteiger partial charge in [-0.2, -0.15) is 0 Å². The summed E-state index contributed by atoms with van der Waals surface area (Å²) in [5.74, 6) is 0.610. The number of hydrogen-bond acceptors (Lipinski definition) is 3. The van der Waals surface area contributed by atoms with Gasteiger partial charge in [0.1, 0.15) is 6.33 Å². The van der Waals surface area contributed by atoms with Crippen molar-refractivity contribution in [2.24, 2.45) is 5.92 Å². The normalized spacial score (nSPS) is 15.5. The minimum absolute atomic E-state index is 0.610. The summed E-state index contributed by atoms with van der Waals surface area (Å²) in [6.07, 6.45) is 2.68. The molecule has 0 N–H and O–H groups in total. The summed E-state index contributed by atoms with van der Waals surface area (Å²) >= 11 is 0. The molecule has 0 fully saturated rings. The second kappa shape index (κ2) is 4.11. The van der Waals surface area contributed by atoms with E-state index in [1.807, 2.05) is 0 Å². The number of hydrogen-bond donors (Lipinski definition) is 0. The highest BCUT2D eigenvalue weighted by atomic mass is 16.5. The molecule has 4 nitrogen and oxygen atoms in total. The molecule has 0 amide bonds. The lowest BCUT2D eigenvalue weighted by Crippen LogP contribution is -2.16. The summed E-state index contributed by atoms with van der Waals surface area (Å²) in [4.78, 5) is 8.82. The molecule has 2 aromatic rings. The zero-order chi connectivity index (χ0) is 11.8. The minimum Gasteiger partial charge on any atom is -0.373 e. The fourth-order valence-corrected chi connectivity index (χ4v) is 2.45. The summed E-state index contributed by atoms with van der Waals surface area (Å²) in [7, 11) is 0. The van der Waals surface area contributed by atoms with Crippen LogP contribution in [0.1, 0.15) is 25.2 Å². The van der Waals surface area contributed by atoms with E-state index < -0.39 is 0 Å². The fraction of sp³-hybridized carbons (Fsp3) is 0.538. The number of rotatable bonds is 2. The summed E-state index contributed by atoms with van der Waals surface area (Å²) < 4.78 is 7.79. The zero-order valence-electron chi connectivity index (χ0n) is 10.3. The van der Waals surface area contributed by atoms with Crippen LogP contribution in [0.5, 0.6) is 0 Å². The molecule has 0 saturated heterocycles. The van der Waals surface area contributed by atoms with Crippen LogP contribution in [0, 0.1) is 5.92 Å². The van der Waals surface area contributed by atoms with E-state index >= 15 is 0 Å². The molecule has 0 bridgehead atoms. The van der Waals surface area contributed by atoms with Gasteiger partial charge in [-0.25, -0.2) is 9.97 Å². The molecule has 0 atom stereocenters. The van der Waals surface area contributed by atoms with E-state index in [9.17, 15) is 0 Å². The molecule has 1 aliphatic heterocycles. The van der Waals surface area contributed by atoms with E-state index in [0.717, 1.165) is 30.8 Å². The van der Waals surface area contributed by atoms with Gasteiger partial charge in [0.25, 0.3) is 0 Å². The molecule has 3 heterocycles. The molecular formula is C13H17N3O. The Morgan fingerprint density at radius 2 is 2.29 bits per heavy atom. The highest BCUT2D eigenvalue weighted by Gasteiger charge is 2.17. The van der Waals surface area contributed by atoms with Crippen LogP contribution in [0.15, 0.2) is 12.4 Å². The smallest absolute Gasteiger partial charge is 0.116 e. The highest BCUT2D eigenvalue weighted by molar-refractivity contribution is 5.79. The quantitative estimate of drug-likeness (QED) is 0.795. The molecule has 0 unspecified atom stereocenters. The Kier molecular flexibility index (Phi) is 2.59. The first-order valence-corrected chi connectivity index (χ1v) is 6.15. The van der Waals surface area contributed by atoms with Crippen LogP contribution < -0.4 is 0 Å². The van der Waals surface area contributed by atoms with Gasteiger partial charge < -0.3 is 9.30 Å². The molecule has 2 aromatic heterocycles. The standard InChI is InChI=1S/C13H17N3O/c1-9(2)5-11-13-12(15-8-14-11)6-10-7-17-4-3-16(10)13/h6,8-9H,3-5,7H2,1-2H3. The Labute approximate surface area is 101 Å². The Balaban J connectivity index is 2.18. The largest absolute Gasteiger partial charge is 0.373 e. The van der Waals surface area contributed by atoms with E-state index in [4.69, 9.17) is 4.74 Å². The third-order valence-electron chi connectivity index (χ3n) is 3.16. The van der Waals surface area contributed by atoms with Gasteiger partial charge in [0.05, 0.1) is 29.9 Å². The van der Waals surface area contributed by atoms with Crippen molar-refractivity contribution in [1.82, 2.24) is 14.5 Å². The van der Waals surface area contributed by atoms with Crippen molar-refractivity contribution in [2.75, 3.05) is 6.61 Å². The number of fused-ring (bicyclic) bond motifs is 3. The molecule has 0 spiro atoms. The first-order valence-electron chi connectivity index (χ1n) is 6.15. The van der Waals surface area contributed by atoms with Crippen LogP contribution >= 0.6 is 0 Å². The first kappa shape index (κ1) is 10.7. The van der Waals surface area contributed by atoms with Crippen molar-refractivity contribution >= 4 is 11.0 Å². The van der Waals surface area contributed by atoms with E-state index in [1.165, 1.54) is 11.2 Å². The zero-order valence-corrected chi connectivity index (χ0v) is 10.3. The Hall–Kier alpha value is -1.42. The van der Waals surface area contributed by atoms with Gasteiger partial charge in [0.15, 0.2) is 0 Å². The molecule has 17 heavy (non-hydrogen) atoms. The van der Waals surface area contributed by atoms with Crippen LogP contribution in [0.25, 0.3) is 11.0 Å². The average Bonchev–Trinajstić information content (AvgIpc) is 2.67. The van der Waals surface area contributed by atoms with Crippen LogP contribution in [0.4, 0.5) is 0 Å². The molecular weight excluding hydrogens is 214 g/mol. The molecule has 1 aliphatic rings. The van der Waals surface area contributed by atoms with E-state index in [0.29, 0.717) is 12.5 Å². The summed E-state index contributed by atoms with van der Waals surface area (Å²) in [5.41, 5.74) is 4.64. The van der Waals surface area contributed by atoms with Gasteiger partial charge in [-0.1, -0.05) is 13.8 Å². The number of nitrogens with zero attached hydrogens (tertiary/aromatic N) is 3. The van der Waals surface area contributed by atoms with Gasteiger partial charge in [0, 0.05) is 12.2 Å². The molecule has 4 heteroatoms. The lowest BCUT2D eigenvalue weighted by molar-refractivity contribution is 0.0864. The maximum absolute atomic E-state index is 5.48. The van der Waals surface area contributed by atoms with Gasteiger partial charge in [-0.05, 0) is 18.4 Å². The Bertz CT molecular complexity index is 545. The molecule has 0 radical (unpaired) electrons. The molecule has 0 aromatic carbocycles. The lowest BCUT2D eigenvalue weighted by atomic mass is 10.1. The van der Waals surface area contributed by atoms with Crippen LogP contribution in [-0.4, -0.2) is 21.1 Å². The first-order chi connectivity index (χ1) is 8.25. The predicted molar refractivity (Wildman–Crippen MR) is 65.7 cm³/mol. The lowest BCUT2D eigenvalue weighted by Gasteiger charge is -2.17. The Morgan fingerprint density at radius 1 is 1.41 bits per heavy atom. The number of aromatic nitrogens is 3. The van der Waals surface area contributed by atoms with Gasteiger partial charge in [-0.3, -0.25) is 0 Å². The van der Waals surface area contributed by atoms with Gasteiger partial charge in [-0.15, -0.1) is 0 Å². The van der Waals surface area contributed by atoms with Crippen molar-refractivity contribution in [3.05, 3.63) is 23.8 Å². The molecule has 0 saturated carbocycles. The SMILES string of the molecule is CC(C)Cc1ncnc2cc3n(c12)CCOC3. The van der Waals surface area contributed by atoms with E-state index in [-0.39, 0.29) is 0 Å². The van der Waals surface area contributed by atoms with Gasteiger partial charge in [0.2, 0.25) is 0 Å². The van der Waals surface area contributed by atoms with Crippen LogP contribution in [-0.2, 0) is 24.3 Å². The van der Waals surface area contributed by atoms with Gasteiger partial charge >= 0.3 is 0 Å². The summed E-state index contributed by atoms with van der Waals surface area (Å²) in [5, 5.41) is 0. The van der Waals surface area contributed by atoms with Crippen molar-refractivity contribution in [1.29, 1.82) is 0 Å². The van der Waals surface area contributed by atoms with Crippen molar-refractivity contribution in [3.63, 3.8) is 0 Å². The maximum atomic E-state index is 5.48. The van der Waals surface area contributed by atoms with Crippen molar-refractivity contribution in [2.45, 2.75) is 33.4 Å². The average molecular weight is 231 g/mol. The van der Waals surface area contributed by atoms with Crippen LogP contribution in [0.2, 0.25) is 0 Å². The maximum Gasteiger partial charge on any atom is 0.116 e. The number of ether oxygens (including phenoxy) is 1. The summed E-state index contributed by atoms with van der Waals surface area (Å²) in [6.45, 7) is 6.83. The second-order valence-corrected chi connectivity index (χ2v) is 4.99. The van der Waals surface area contributed by atoms with E-state index in [1.54, 1.807) is 6.33 Å². The Morgan fingerprint density at radius 3 is 3.12 bits per heavy atom. The van der Waals surface area contributed by atoms with E-state index in [2.05, 4.69) is 34.4 Å². The monoisotopic (exact) mass is 231 g/mol. The summed E-state index contributed by atoms with van der Waals surface area (Å²) in [6, 6.07) is 2.12. The minimum atomic E-state index is 0.610. The highest BCUT2D eigenvalue weighted by Crippen LogP contribution is 2.24.